The zero-order valence-electron chi connectivity index (χ0n) is 14.8. The summed E-state index contributed by atoms with van der Waals surface area (Å²) in [5.41, 5.74) is 3.33. The molecular weight excluding hydrogens is 360 g/mol. The van der Waals surface area contributed by atoms with Crippen molar-refractivity contribution in [2.75, 3.05) is 0 Å². The Kier molecular flexibility index (Phi) is 5.29. The van der Waals surface area contributed by atoms with Crippen LogP contribution in [0.25, 0.3) is 11.5 Å². The minimum atomic E-state index is 0.479. The second kappa shape index (κ2) is 8.18. The maximum atomic E-state index is 5.72. The number of hydrogen-bond donors (Lipinski definition) is 0. The van der Waals surface area contributed by atoms with Gasteiger partial charge in [0, 0.05) is 12.0 Å². The smallest absolute Gasteiger partial charge is 0.277 e. The standard InChI is InChI=1S/C20H18N4O2S/c1-2-14-8-10-16(11-9-14)19-22-23-20(25-19)27-13-18-21-17(24-26-18)12-15-6-4-3-5-7-15/h3-11H,2,12-13H2,1H3. The van der Waals surface area contributed by atoms with Gasteiger partial charge in [0.15, 0.2) is 5.82 Å². The molecule has 4 rings (SSSR count). The van der Waals surface area contributed by atoms with E-state index in [1.165, 1.54) is 17.3 Å². The van der Waals surface area contributed by atoms with Gasteiger partial charge in [-0.05, 0) is 29.7 Å². The van der Waals surface area contributed by atoms with Crippen LogP contribution in [0.3, 0.4) is 0 Å². The fourth-order valence-corrected chi connectivity index (χ4v) is 3.19. The molecule has 0 saturated heterocycles. The zero-order valence-corrected chi connectivity index (χ0v) is 15.6. The largest absolute Gasteiger partial charge is 0.411 e. The van der Waals surface area contributed by atoms with Gasteiger partial charge in [0.2, 0.25) is 11.8 Å². The third-order valence-electron chi connectivity index (χ3n) is 4.05. The lowest BCUT2D eigenvalue weighted by molar-refractivity contribution is 0.385. The predicted octanol–water partition coefficient (Wildman–Crippen LogP) is 4.57. The molecule has 0 spiro atoms. The normalized spacial score (nSPS) is 11.0. The van der Waals surface area contributed by atoms with Crippen molar-refractivity contribution in [1.29, 1.82) is 0 Å². The van der Waals surface area contributed by atoms with Gasteiger partial charge in [-0.25, -0.2) is 0 Å². The number of nitrogens with zero attached hydrogens (tertiary/aromatic N) is 4. The molecule has 0 saturated carbocycles. The maximum absolute atomic E-state index is 5.72. The Morgan fingerprint density at radius 2 is 1.74 bits per heavy atom. The molecule has 0 aliphatic carbocycles. The number of hydrogen-bond acceptors (Lipinski definition) is 7. The number of aryl methyl sites for hydroxylation is 1. The van der Waals surface area contributed by atoms with Gasteiger partial charge in [-0.3, -0.25) is 0 Å². The number of rotatable bonds is 7. The molecule has 2 heterocycles. The van der Waals surface area contributed by atoms with Crippen LogP contribution in [0.1, 0.15) is 29.8 Å². The highest BCUT2D eigenvalue weighted by atomic mass is 32.2. The van der Waals surface area contributed by atoms with Crippen molar-refractivity contribution in [3.63, 3.8) is 0 Å². The molecule has 6 nitrogen and oxygen atoms in total. The minimum absolute atomic E-state index is 0.479. The van der Waals surface area contributed by atoms with E-state index in [1.54, 1.807) is 0 Å². The molecular formula is C20H18N4O2S. The molecule has 27 heavy (non-hydrogen) atoms. The Labute approximate surface area is 161 Å². The summed E-state index contributed by atoms with van der Waals surface area (Å²) < 4.78 is 11.0. The van der Waals surface area contributed by atoms with E-state index < -0.39 is 0 Å². The van der Waals surface area contributed by atoms with Gasteiger partial charge in [-0.15, -0.1) is 10.2 Å². The number of aromatic nitrogens is 4. The van der Waals surface area contributed by atoms with Crippen LogP contribution in [-0.2, 0) is 18.6 Å². The monoisotopic (exact) mass is 378 g/mol. The van der Waals surface area contributed by atoms with Gasteiger partial charge in [0.1, 0.15) is 0 Å². The second-order valence-corrected chi connectivity index (χ2v) is 6.91. The average Bonchev–Trinajstić information content (AvgIpc) is 3.37. The van der Waals surface area contributed by atoms with Crippen LogP contribution in [0.5, 0.6) is 0 Å². The van der Waals surface area contributed by atoms with Crippen molar-refractivity contribution >= 4 is 11.8 Å². The van der Waals surface area contributed by atoms with E-state index in [1.807, 2.05) is 42.5 Å². The summed E-state index contributed by atoms with van der Waals surface area (Å²) in [6.45, 7) is 2.12. The molecule has 0 fully saturated rings. The van der Waals surface area contributed by atoms with E-state index in [0.29, 0.717) is 35.0 Å². The molecule has 0 bridgehead atoms. The van der Waals surface area contributed by atoms with Crippen molar-refractivity contribution in [3.8, 4) is 11.5 Å². The maximum Gasteiger partial charge on any atom is 0.277 e. The quantitative estimate of drug-likeness (QED) is 0.436. The summed E-state index contributed by atoms with van der Waals surface area (Å²) in [5.74, 6) is 2.20. The van der Waals surface area contributed by atoms with Crippen LogP contribution in [0.4, 0.5) is 0 Å². The summed E-state index contributed by atoms with van der Waals surface area (Å²) >= 11 is 1.38. The summed E-state index contributed by atoms with van der Waals surface area (Å²) in [7, 11) is 0. The molecule has 4 aromatic rings. The van der Waals surface area contributed by atoms with Gasteiger partial charge in [-0.1, -0.05) is 66.3 Å². The van der Waals surface area contributed by atoms with Gasteiger partial charge in [-0.2, -0.15) is 4.98 Å². The van der Waals surface area contributed by atoms with Crippen molar-refractivity contribution in [3.05, 3.63) is 77.4 Å². The first-order valence-electron chi connectivity index (χ1n) is 8.71. The lowest BCUT2D eigenvalue weighted by atomic mass is 10.1. The van der Waals surface area contributed by atoms with Crippen LogP contribution in [0, 0.1) is 0 Å². The SMILES string of the molecule is CCc1ccc(-c2nnc(SCc3nc(Cc4ccccc4)no3)o2)cc1. The summed E-state index contributed by atoms with van der Waals surface area (Å²) in [4.78, 5) is 4.42. The zero-order chi connectivity index (χ0) is 18.5. The van der Waals surface area contributed by atoms with Crippen LogP contribution in [-0.4, -0.2) is 20.3 Å². The van der Waals surface area contributed by atoms with Crippen LogP contribution in [0.2, 0.25) is 0 Å². The van der Waals surface area contributed by atoms with Crippen molar-refractivity contribution in [1.82, 2.24) is 20.3 Å². The van der Waals surface area contributed by atoms with Crippen LogP contribution in [0.15, 0.2) is 68.8 Å². The van der Waals surface area contributed by atoms with Crippen LogP contribution < -0.4 is 0 Å². The Bertz CT molecular complexity index is 996. The van der Waals surface area contributed by atoms with Crippen LogP contribution >= 0.6 is 11.8 Å². The van der Waals surface area contributed by atoms with Crippen molar-refractivity contribution in [2.24, 2.45) is 0 Å². The molecule has 0 atom stereocenters. The van der Waals surface area contributed by atoms with E-state index in [2.05, 4.69) is 39.4 Å². The fourth-order valence-electron chi connectivity index (χ4n) is 2.59. The summed E-state index contributed by atoms with van der Waals surface area (Å²) in [5, 5.41) is 12.7. The third-order valence-corrected chi connectivity index (χ3v) is 4.85. The van der Waals surface area contributed by atoms with Gasteiger partial charge >= 0.3 is 0 Å². The molecule has 0 amide bonds. The molecule has 0 aliphatic heterocycles. The molecule has 2 aromatic carbocycles. The topological polar surface area (TPSA) is 77.8 Å². The Morgan fingerprint density at radius 1 is 0.926 bits per heavy atom. The molecule has 0 radical (unpaired) electrons. The minimum Gasteiger partial charge on any atom is -0.411 e. The van der Waals surface area contributed by atoms with Gasteiger partial charge in [0.25, 0.3) is 5.22 Å². The highest BCUT2D eigenvalue weighted by molar-refractivity contribution is 7.98. The van der Waals surface area contributed by atoms with E-state index in [0.717, 1.165) is 17.5 Å². The first-order valence-corrected chi connectivity index (χ1v) is 9.69. The molecule has 0 N–H and O–H groups in total. The molecule has 136 valence electrons. The van der Waals surface area contributed by atoms with E-state index in [-0.39, 0.29) is 0 Å². The lowest BCUT2D eigenvalue weighted by Crippen LogP contribution is -1.90. The van der Waals surface area contributed by atoms with E-state index >= 15 is 0 Å². The summed E-state index contributed by atoms with van der Waals surface area (Å²) in [6, 6.07) is 18.2. The second-order valence-electron chi connectivity index (χ2n) is 5.98. The highest BCUT2D eigenvalue weighted by Gasteiger charge is 2.12. The van der Waals surface area contributed by atoms with E-state index in [4.69, 9.17) is 8.94 Å². The molecule has 0 aliphatic rings. The van der Waals surface area contributed by atoms with Gasteiger partial charge < -0.3 is 8.94 Å². The first kappa shape index (κ1) is 17.5. The molecule has 7 heteroatoms. The Hall–Kier alpha value is -2.93. The average molecular weight is 378 g/mol. The highest BCUT2D eigenvalue weighted by Crippen LogP contribution is 2.25. The predicted molar refractivity (Wildman–Crippen MR) is 102 cm³/mol. The number of thioether (sulfide) groups is 1. The first-order chi connectivity index (χ1) is 13.3. The van der Waals surface area contributed by atoms with E-state index in [9.17, 15) is 0 Å². The van der Waals surface area contributed by atoms with Gasteiger partial charge in [0.05, 0.1) is 5.75 Å². The molecule has 0 unspecified atom stereocenters. The third kappa shape index (κ3) is 4.43. The van der Waals surface area contributed by atoms with Crippen molar-refractivity contribution < 1.29 is 8.94 Å². The Morgan fingerprint density at radius 3 is 2.52 bits per heavy atom. The lowest BCUT2D eigenvalue weighted by Gasteiger charge is -1.97. The summed E-state index contributed by atoms with van der Waals surface area (Å²) in [6.07, 6.45) is 1.65. The van der Waals surface area contributed by atoms with Crippen molar-refractivity contribution in [2.45, 2.75) is 30.7 Å². The Balaban J connectivity index is 1.36. The molecule has 2 aromatic heterocycles. The fraction of sp³-hybridized carbons (Fsp3) is 0.200. The number of benzene rings is 2.